The van der Waals surface area contributed by atoms with Crippen molar-refractivity contribution in [2.75, 3.05) is 38.7 Å². The maximum atomic E-state index is 13.1. The van der Waals surface area contributed by atoms with Gasteiger partial charge in [-0.05, 0) is 148 Å². The number of carboxylic acid groups (broad SMARTS) is 1. The molecule has 10 heteroatoms. The molecular weight excluding hydrogens is 724 g/mol. The molecule has 0 saturated heterocycles. The Labute approximate surface area is 336 Å². The van der Waals surface area contributed by atoms with E-state index in [4.69, 9.17) is 25.8 Å². The molecule has 1 saturated carbocycles. The van der Waals surface area contributed by atoms with Gasteiger partial charge in [0.2, 0.25) is 0 Å². The lowest BCUT2D eigenvalue weighted by Crippen LogP contribution is -2.53. The summed E-state index contributed by atoms with van der Waals surface area (Å²) in [7, 11) is 4.24. The van der Waals surface area contributed by atoms with Crippen LogP contribution in [0.1, 0.15) is 92.8 Å². The van der Waals surface area contributed by atoms with Gasteiger partial charge in [0.25, 0.3) is 0 Å². The number of hydrogen-bond donors (Lipinski definition) is 2. The molecule has 2 unspecified atom stereocenters. The van der Waals surface area contributed by atoms with E-state index in [1.165, 1.54) is 40.9 Å². The Morgan fingerprint density at radius 1 is 1.11 bits per heavy atom. The number of aromatic nitrogens is 2. The van der Waals surface area contributed by atoms with Crippen molar-refractivity contribution >= 4 is 23.3 Å². The Morgan fingerprint density at radius 3 is 2.62 bits per heavy atom. The molecule has 0 radical (unpaired) electrons. The number of aliphatic carboxylic acids is 1. The summed E-state index contributed by atoms with van der Waals surface area (Å²) in [5.74, 6) is 3.08. The number of nitrogens with zero attached hydrogens (tertiary/aromatic N) is 3. The molecule has 2 aromatic heterocycles. The fraction of sp³-hybridized carbons (Fsp3) is 0.522. The summed E-state index contributed by atoms with van der Waals surface area (Å²) in [5.41, 5.74) is 5.80. The molecule has 3 aliphatic carbocycles. The lowest BCUT2D eigenvalue weighted by atomic mass is 9.59. The monoisotopic (exact) mass is 780 g/mol. The third-order valence-corrected chi connectivity index (χ3v) is 13.6. The first-order valence-corrected chi connectivity index (χ1v) is 21.0. The van der Waals surface area contributed by atoms with Crippen LogP contribution in [0.25, 0.3) is 0 Å². The zero-order chi connectivity index (χ0) is 39.0. The molecule has 1 spiro atoms. The molecule has 1 fully saturated rings. The Kier molecular flexibility index (Phi) is 11.0. The lowest BCUT2D eigenvalue weighted by molar-refractivity contribution is -0.144. The Morgan fingerprint density at radius 2 is 1.89 bits per heavy atom. The number of benzene rings is 2. The van der Waals surface area contributed by atoms with Crippen molar-refractivity contribution in [3.05, 3.63) is 100 Å². The number of carboxylic acids is 1. The zero-order valence-corrected chi connectivity index (χ0v) is 34.1. The van der Waals surface area contributed by atoms with Crippen LogP contribution in [-0.4, -0.2) is 64.5 Å². The van der Waals surface area contributed by atoms with Gasteiger partial charge >= 0.3 is 5.97 Å². The fourth-order valence-electron chi connectivity index (χ4n) is 10.4. The zero-order valence-electron chi connectivity index (χ0n) is 33.4. The summed E-state index contributed by atoms with van der Waals surface area (Å²) in [6.45, 7) is 8.12. The van der Waals surface area contributed by atoms with Crippen LogP contribution in [0, 0.1) is 17.8 Å². The molecule has 8 rings (SSSR count). The molecule has 9 nitrogen and oxygen atoms in total. The van der Waals surface area contributed by atoms with E-state index in [1.807, 2.05) is 36.5 Å². The van der Waals surface area contributed by atoms with Crippen LogP contribution in [0.4, 0.5) is 5.69 Å². The summed E-state index contributed by atoms with van der Waals surface area (Å²) in [6, 6.07) is 18.2. The van der Waals surface area contributed by atoms with E-state index in [0.717, 1.165) is 68.1 Å². The molecular formula is C46H57ClN4O5. The third-order valence-electron chi connectivity index (χ3n) is 13.4. The van der Waals surface area contributed by atoms with Crippen molar-refractivity contribution in [3.63, 3.8) is 0 Å². The molecule has 1 aliphatic heterocycles. The van der Waals surface area contributed by atoms with Gasteiger partial charge in [-0.3, -0.25) is 4.98 Å². The maximum absolute atomic E-state index is 13.1. The second kappa shape index (κ2) is 16.0. The van der Waals surface area contributed by atoms with E-state index in [9.17, 15) is 9.90 Å². The van der Waals surface area contributed by atoms with E-state index in [2.05, 4.69) is 78.2 Å². The number of rotatable bonds is 12. The number of fused-ring (bicyclic) bond motifs is 4. The van der Waals surface area contributed by atoms with Crippen LogP contribution in [0.2, 0.25) is 5.02 Å². The molecule has 2 aromatic carbocycles. The molecule has 0 amide bonds. The van der Waals surface area contributed by atoms with Crippen LogP contribution < -0.4 is 19.5 Å². The molecule has 0 bridgehead atoms. The van der Waals surface area contributed by atoms with Crippen molar-refractivity contribution in [1.82, 2.24) is 14.5 Å². The second-order valence-electron chi connectivity index (χ2n) is 17.4. The fourth-order valence-corrected chi connectivity index (χ4v) is 10.5. The largest absolute Gasteiger partial charge is 0.493 e. The first-order valence-electron chi connectivity index (χ1n) is 20.6. The number of nitrogens with one attached hydrogen (secondary N) is 1. The molecule has 3 heterocycles. The maximum Gasteiger partial charge on any atom is 0.329 e. The van der Waals surface area contributed by atoms with Gasteiger partial charge in [0.05, 0.1) is 19.8 Å². The van der Waals surface area contributed by atoms with Gasteiger partial charge in [0.1, 0.15) is 11.3 Å². The van der Waals surface area contributed by atoms with E-state index in [-0.39, 0.29) is 11.3 Å². The van der Waals surface area contributed by atoms with Gasteiger partial charge in [0.15, 0.2) is 11.5 Å². The lowest BCUT2D eigenvalue weighted by Gasteiger charge is -2.47. The van der Waals surface area contributed by atoms with Gasteiger partial charge in [0, 0.05) is 66.1 Å². The van der Waals surface area contributed by atoms with E-state index in [1.54, 1.807) is 0 Å². The van der Waals surface area contributed by atoms with E-state index < -0.39 is 11.5 Å². The highest BCUT2D eigenvalue weighted by Crippen LogP contribution is 2.58. The molecule has 2 N–H and O–H groups in total. The number of halogens is 1. The van der Waals surface area contributed by atoms with Crippen LogP contribution in [-0.2, 0) is 36.6 Å². The van der Waals surface area contributed by atoms with Gasteiger partial charge in [-0.1, -0.05) is 31.5 Å². The summed E-state index contributed by atoms with van der Waals surface area (Å²) >= 11 is 6.33. The topological polar surface area (TPSA) is 98.1 Å². The minimum absolute atomic E-state index is 0.192. The SMILES string of the molecule is C[C@@H](COc1ccnc2c1[C@H](C)CCC2)CC1Cc2cc3c(cc2C12CCC(Nc1cccc(Cl)c1)(C(=O)O)CC2)OCC(CN(C)Cc1cccn1C)CO3. The van der Waals surface area contributed by atoms with Crippen LogP contribution >= 0.6 is 11.6 Å². The minimum Gasteiger partial charge on any atom is -0.493 e. The Bertz CT molecular complexity index is 2040. The molecule has 4 aromatic rings. The van der Waals surface area contributed by atoms with Gasteiger partial charge in [-0.2, -0.15) is 0 Å². The van der Waals surface area contributed by atoms with Crippen LogP contribution in [0.15, 0.2) is 67.0 Å². The Hall–Kier alpha value is -4.21. The van der Waals surface area contributed by atoms with Crippen LogP contribution in [0.5, 0.6) is 17.2 Å². The molecule has 56 heavy (non-hydrogen) atoms. The number of ether oxygens (including phenoxy) is 3. The average molecular weight is 781 g/mol. The Balaban J connectivity index is 1.02. The number of hydrogen-bond acceptors (Lipinski definition) is 7. The van der Waals surface area contributed by atoms with Gasteiger partial charge < -0.3 is 34.1 Å². The third kappa shape index (κ3) is 7.73. The standard InChI is InChI=1S/C46H57ClN4O5/c1-30(27-54-40-13-18-48-39-12-5-8-31(2)43(39)40)20-34-21-33-22-41-42(56-29-32(28-55-41)25-50(3)26-37-11-7-19-51(37)4)24-38(33)45(34)14-16-46(17-15-45,44(52)53)49-36-10-6-9-35(47)23-36/h6-7,9-11,13,18-19,22-24,30-32,34,49H,5,8,12,14-17,20-21,25-29H2,1-4H3,(H,52,53)/t30-,31-,32?,34?,45?,46?/m1/s1. The van der Waals surface area contributed by atoms with Crippen molar-refractivity contribution in [2.45, 2.75) is 95.1 Å². The minimum atomic E-state index is -1.08. The molecule has 298 valence electrons. The summed E-state index contributed by atoms with van der Waals surface area (Å²) in [4.78, 5) is 20.1. The summed E-state index contributed by atoms with van der Waals surface area (Å²) < 4.78 is 21.9. The van der Waals surface area contributed by atoms with Crippen molar-refractivity contribution in [2.24, 2.45) is 24.8 Å². The number of carbonyl (C=O) groups is 1. The van der Waals surface area contributed by atoms with Gasteiger partial charge in [-0.25, -0.2) is 4.79 Å². The highest BCUT2D eigenvalue weighted by atomic mass is 35.5. The van der Waals surface area contributed by atoms with E-state index in [0.29, 0.717) is 55.4 Å². The van der Waals surface area contributed by atoms with Crippen molar-refractivity contribution < 1.29 is 24.1 Å². The predicted molar refractivity (Wildman–Crippen MR) is 220 cm³/mol. The highest BCUT2D eigenvalue weighted by Gasteiger charge is 2.54. The normalized spacial score (nSPS) is 26.0. The van der Waals surface area contributed by atoms with E-state index >= 15 is 0 Å². The van der Waals surface area contributed by atoms with Crippen LogP contribution in [0.3, 0.4) is 0 Å². The highest BCUT2D eigenvalue weighted by molar-refractivity contribution is 6.30. The first-order chi connectivity index (χ1) is 27.0. The van der Waals surface area contributed by atoms with Crippen molar-refractivity contribution in [1.29, 1.82) is 0 Å². The summed E-state index contributed by atoms with van der Waals surface area (Å²) in [6.07, 6.45) is 11.7. The number of aryl methyl sites for hydroxylation is 2. The van der Waals surface area contributed by atoms with Crippen molar-refractivity contribution in [3.8, 4) is 17.2 Å². The second-order valence-corrected chi connectivity index (χ2v) is 17.9. The number of pyridine rings is 1. The first kappa shape index (κ1) is 38.7. The van der Waals surface area contributed by atoms with Gasteiger partial charge in [-0.15, -0.1) is 0 Å². The molecule has 4 aliphatic rings. The average Bonchev–Trinajstić information content (AvgIpc) is 3.63. The predicted octanol–water partition coefficient (Wildman–Crippen LogP) is 9.06. The summed E-state index contributed by atoms with van der Waals surface area (Å²) in [5, 5.41) is 14.7. The quantitative estimate of drug-likeness (QED) is 0.147. The molecule has 4 atom stereocenters. The number of anilines is 1. The smallest absolute Gasteiger partial charge is 0.329 e.